The first kappa shape index (κ1) is 16.7. The molecule has 5 nitrogen and oxygen atoms in total. The Balaban J connectivity index is 2.46. The number of hydrogen-bond acceptors (Lipinski definition) is 3. The molecule has 0 spiro atoms. The van der Waals surface area contributed by atoms with Crippen LogP contribution in [0.4, 0.5) is 0 Å². The number of carbonyl (C=O) groups is 2. The van der Waals surface area contributed by atoms with Crippen LogP contribution in [-0.4, -0.2) is 41.0 Å². The Morgan fingerprint density at radius 1 is 1.09 bits per heavy atom. The predicted molar refractivity (Wildman–Crippen MR) is 88.4 cm³/mol. The van der Waals surface area contributed by atoms with E-state index in [1.165, 1.54) is 11.1 Å². The Bertz CT molecular complexity index is 751. The molecule has 120 valence electrons. The van der Waals surface area contributed by atoms with E-state index in [4.69, 9.17) is 0 Å². The molecule has 0 unspecified atom stereocenters. The van der Waals surface area contributed by atoms with E-state index in [1.54, 1.807) is 46.3 Å². The van der Waals surface area contributed by atoms with E-state index in [2.05, 4.69) is 4.98 Å². The third-order valence-electron chi connectivity index (χ3n) is 3.84. The van der Waals surface area contributed by atoms with Gasteiger partial charge in [0.2, 0.25) is 0 Å². The fraction of sp³-hybridized carbons (Fsp3) is 0.278. The Kier molecular flexibility index (Phi) is 4.50. The molecule has 0 atom stereocenters. The molecule has 1 aromatic carbocycles. The lowest BCUT2D eigenvalue weighted by Gasteiger charge is -2.20. The van der Waals surface area contributed by atoms with Crippen molar-refractivity contribution in [1.82, 2.24) is 9.88 Å². The van der Waals surface area contributed by atoms with Crippen LogP contribution in [0.3, 0.4) is 0 Å². The topological polar surface area (TPSA) is 70.5 Å². The van der Waals surface area contributed by atoms with Gasteiger partial charge in [-0.15, -0.1) is 0 Å². The van der Waals surface area contributed by atoms with Gasteiger partial charge in [0.15, 0.2) is 0 Å². The second-order valence-corrected chi connectivity index (χ2v) is 6.17. The maximum atomic E-state index is 12.1. The van der Waals surface area contributed by atoms with E-state index in [0.29, 0.717) is 11.1 Å². The van der Waals surface area contributed by atoms with Crippen LogP contribution in [0, 0.1) is 0 Å². The third kappa shape index (κ3) is 3.39. The van der Waals surface area contributed by atoms with Crippen molar-refractivity contribution in [2.75, 3.05) is 14.1 Å². The van der Waals surface area contributed by atoms with Crippen molar-refractivity contribution in [2.45, 2.75) is 19.3 Å². The van der Waals surface area contributed by atoms with Crippen LogP contribution in [0.2, 0.25) is 0 Å². The minimum absolute atomic E-state index is 0.124. The molecule has 5 heteroatoms. The molecule has 1 aromatic heterocycles. The number of nitrogens with zero attached hydrogens (tertiary/aromatic N) is 2. The van der Waals surface area contributed by atoms with Crippen molar-refractivity contribution in [2.24, 2.45) is 0 Å². The minimum Gasteiger partial charge on any atom is -0.481 e. The van der Waals surface area contributed by atoms with Crippen LogP contribution in [0.1, 0.15) is 29.8 Å². The van der Waals surface area contributed by atoms with Crippen LogP contribution >= 0.6 is 0 Å². The Morgan fingerprint density at radius 2 is 1.78 bits per heavy atom. The molecule has 2 rings (SSSR count). The highest BCUT2D eigenvalue weighted by molar-refractivity contribution is 5.94. The summed E-state index contributed by atoms with van der Waals surface area (Å²) in [4.78, 5) is 29.1. The number of benzene rings is 1. The van der Waals surface area contributed by atoms with E-state index < -0.39 is 11.4 Å². The van der Waals surface area contributed by atoms with Crippen LogP contribution in [0.15, 0.2) is 42.7 Å². The zero-order chi connectivity index (χ0) is 17.2. The van der Waals surface area contributed by atoms with Crippen LogP contribution < -0.4 is 0 Å². The molecule has 0 saturated heterocycles. The lowest BCUT2D eigenvalue weighted by atomic mass is 9.83. The second-order valence-electron chi connectivity index (χ2n) is 6.17. The predicted octanol–water partition coefficient (Wildman–Crippen LogP) is 2.81. The molecule has 2 aromatic rings. The van der Waals surface area contributed by atoms with E-state index in [9.17, 15) is 14.7 Å². The molecule has 23 heavy (non-hydrogen) atoms. The molecule has 0 bridgehead atoms. The molecule has 0 fully saturated rings. The minimum atomic E-state index is -0.986. The van der Waals surface area contributed by atoms with Crippen molar-refractivity contribution < 1.29 is 14.7 Å². The monoisotopic (exact) mass is 312 g/mol. The summed E-state index contributed by atoms with van der Waals surface area (Å²) in [6.45, 7) is 3.33. The summed E-state index contributed by atoms with van der Waals surface area (Å²) in [5.74, 6) is -1.01. The van der Waals surface area contributed by atoms with Gasteiger partial charge < -0.3 is 10.0 Å². The summed E-state index contributed by atoms with van der Waals surface area (Å²) in [6, 6.07) is 9.08. The van der Waals surface area contributed by atoms with Crippen molar-refractivity contribution in [3.63, 3.8) is 0 Å². The number of carboxylic acids is 1. The third-order valence-corrected chi connectivity index (χ3v) is 3.84. The molecular weight excluding hydrogens is 292 g/mol. The molecule has 0 saturated carbocycles. The normalized spacial score (nSPS) is 11.1. The summed E-state index contributed by atoms with van der Waals surface area (Å²) in [5, 5.41) is 9.37. The number of aliphatic carboxylic acids is 1. The molecule has 1 heterocycles. The van der Waals surface area contributed by atoms with Gasteiger partial charge in [-0.25, -0.2) is 0 Å². The standard InChI is InChI=1S/C18H20N2O3/c1-18(2,17(22)23)15-7-5-6-12(9-15)13-8-14(11-19-10-13)16(21)20(3)4/h5-11H,1-4H3,(H,22,23). The first-order valence-corrected chi connectivity index (χ1v) is 7.24. The van der Waals surface area contributed by atoms with Crippen molar-refractivity contribution in [3.8, 4) is 11.1 Å². The summed E-state index contributed by atoms with van der Waals surface area (Å²) < 4.78 is 0. The lowest BCUT2D eigenvalue weighted by Crippen LogP contribution is -2.28. The van der Waals surface area contributed by atoms with Gasteiger partial charge in [0.05, 0.1) is 11.0 Å². The smallest absolute Gasteiger partial charge is 0.313 e. The fourth-order valence-corrected chi connectivity index (χ4v) is 2.18. The average molecular weight is 312 g/mol. The van der Waals surface area contributed by atoms with Crippen LogP contribution in [0.5, 0.6) is 0 Å². The molecule has 0 aliphatic carbocycles. The lowest BCUT2D eigenvalue weighted by molar-refractivity contribution is -0.142. The number of carbonyl (C=O) groups excluding carboxylic acids is 1. The maximum Gasteiger partial charge on any atom is 0.313 e. The SMILES string of the molecule is CN(C)C(=O)c1cncc(-c2cccc(C(C)(C)C(=O)O)c2)c1. The number of aromatic nitrogens is 1. The molecular formula is C18H20N2O3. The van der Waals surface area contributed by atoms with Gasteiger partial charge in [-0.2, -0.15) is 0 Å². The van der Waals surface area contributed by atoms with Gasteiger partial charge in [-0.3, -0.25) is 14.6 Å². The fourth-order valence-electron chi connectivity index (χ4n) is 2.18. The zero-order valence-electron chi connectivity index (χ0n) is 13.7. The zero-order valence-corrected chi connectivity index (χ0v) is 13.7. The molecule has 1 amide bonds. The number of pyridine rings is 1. The molecule has 0 aliphatic rings. The van der Waals surface area contributed by atoms with Crippen molar-refractivity contribution >= 4 is 11.9 Å². The summed E-state index contributed by atoms with van der Waals surface area (Å²) in [7, 11) is 3.37. The number of carboxylic acid groups (broad SMARTS) is 1. The van der Waals surface area contributed by atoms with E-state index in [-0.39, 0.29) is 5.91 Å². The number of hydrogen-bond donors (Lipinski definition) is 1. The Morgan fingerprint density at radius 3 is 2.39 bits per heavy atom. The van der Waals surface area contributed by atoms with Gasteiger partial charge in [0.1, 0.15) is 0 Å². The summed E-state index contributed by atoms with van der Waals surface area (Å²) >= 11 is 0. The molecule has 0 radical (unpaired) electrons. The second kappa shape index (κ2) is 6.20. The van der Waals surface area contributed by atoms with E-state index >= 15 is 0 Å². The Labute approximate surface area is 135 Å². The number of rotatable bonds is 4. The van der Waals surface area contributed by atoms with Gasteiger partial charge >= 0.3 is 5.97 Å². The highest BCUT2D eigenvalue weighted by atomic mass is 16.4. The van der Waals surface area contributed by atoms with Gasteiger partial charge in [0.25, 0.3) is 5.91 Å². The van der Waals surface area contributed by atoms with Gasteiger partial charge in [-0.05, 0) is 37.1 Å². The average Bonchev–Trinajstić information content (AvgIpc) is 2.54. The first-order chi connectivity index (χ1) is 10.7. The van der Waals surface area contributed by atoms with E-state index in [0.717, 1.165) is 11.1 Å². The van der Waals surface area contributed by atoms with E-state index in [1.807, 2.05) is 18.2 Å². The summed E-state index contributed by atoms with van der Waals surface area (Å²) in [5.41, 5.74) is 1.82. The van der Waals surface area contributed by atoms with Crippen molar-refractivity contribution in [3.05, 3.63) is 53.9 Å². The molecule has 1 N–H and O–H groups in total. The van der Waals surface area contributed by atoms with Crippen LogP contribution in [0.25, 0.3) is 11.1 Å². The van der Waals surface area contributed by atoms with Crippen LogP contribution in [-0.2, 0) is 10.2 Å². The summed E-state index contributed by atoms with van der Waals surface area (Å²) in [6.07, 6.45) is 3.19. The van der Waals surface area contributed by atoms with Gasteiger partial charge in [0, 0.05) is 32.1 Å². The highest BCUT2D eigenvalue weighted by Gasteiger charge is 2.29. The maximum absolute atomic E-state index is 12.1. The number of amides is 1. The Hall–Kier alpha value is -2.69. The largest absolute Gasteiger partial charge is 0.481 e. The van der Waals surface area contributed by atoms with Crippen molar-refractivity contribution in [1.29, 1.82) is 0 Å². The van der Waals surface area contributed by atoms with Gasteiger partial charge in [-0.1, -0.05) is 18.2 Å². The first-order valence-electron chi connectivity index (χ1n) is 7.24. The highest BCUT2D eigenvalue weighted by Crippen LogP contribution is 2.28. The molecule has 0 aliphatic heterocycles. The quantitative estimate of drug-likeness (QED) is 0.942.